The molecule has 0 spiro atoms. The first-order valence-corrected chi connectivity index (χ1v) is 10.7. The summed E-state index contributed by atoms with van der Waals surface area (Å²) in [4.78, 5) is 40.8. The highest BCUT2D eigenvalue weighted by molar-refractivity contribution is 6.30. The number of halogens is 2. The van der Waals surface area contributed by atoms with Gasteiger partial charge in [0, 0.05) is 30.7 Å². The van der Waals surface area contributed by atoms with Gasteiger partial charge in [-0.2, -0.15) is 0 Å². The molecule has 8 heteroatoms. The summed E-state index contributed by atoms with van der Waals surface area (Å²) in [6.07, 6.45) is -0.180. The minimum Gasteiger partial charge on any atom is -0.457 e. The summed E-state index contributed by atoms with van der Waals surface area (Å²) in [7, 11) is 3.28. The first-order valence-electron chi connectivity index (χ1n) is 9.93. The number of hydrogen-bond acceptors (Lipinski definition) is 4. The van der Waals surface area contributed by atoms with Crippen molar-refractivity contribution in [1.29, 1.82) is 0 Å². The van der Waals surface area contributed by atoms with Crippen LogP contribution in [-0.4, -0.2) is 54.8 Å². The molecule has 0 radical (unpaired) electrons. The van der Waals surface area contributed by atoms with Gasteiger partial charge in [-0.05, 0) is 41.8 Å². The monoisotopic (exact) mass is 462 g/mol. The van der Waals surface area contributed by atoms with Crippen LogP contribution in [-0.2, 0) is 25.5 Å². The Morgan fingerprint density at radius 1 is 1.00 bits per heavy atom. The summed E-state index contributed by atoms with van der Waals surface area (Å²) in [6, 6.07) is 14.2. The van der Waals surface area contributed by atoms with E-state index in [4.69, 9.17) is 27.9 Å². The van der Waals surface area contributed by atoms with Gasteiger partial charge in [0.15, 0.2) is 0 Å². The Morgan fingerprint density at radius 3 is 2.16 bits per heavy atom. The molecule has 0 aliphatic carbocycles. The molecule has 1 aliphatic heterocycles. The molecule has 1 aliphatic rings. The lowest BCUT2D eigenvalue weighted by Crippen LogP contribution is -2.44. The van der Waals surface area contributed by atoms with Crippen molar-refractivity contribution in [2.75, 3.05) is 27.2 Å². The molecule has 1 saturated heterocycles. The van der Waals surface area contributed by atoms with E-state index in [2.05, 4.69) is 0 Å². The minimum absolute atomic E-state index is 0.0280. The van der Waals surface area contributed by atoms with Crippen molar-refractivity contribution < 1.29 is 19.1 Å². The maximum absolute atomic E-state index is 13.5. The molecule has 0 saturated carbocycles. The molecule has 164 valence electrons. The molecule has 1 heterocycles. The van der Waals surface area contributed by atoms with Crippen LogP contribution in [0, 0.1) is 5.92 Å². The van der Waals surface area contributed by atoms with Crippen LogP contribution in [0.1, 0.15) is 23.7 Å². The summed E-state index contributed by atoms with van der Waals surface area (Å²) in [5.41, 5.74) is 1.69. The predicted molar refractivity (Wildman–Crippen MR) is 119 cm³/mol. The van der Waals surface area contributed by atoms with Gasteiger partial charge in [-0.1, -0.05) is 47.5 Å². The van der Waals surface area contributed by atoms with Crippen LogP contribution < -0.4 is 0 Å². The Kier molecular flexibility index (Phi) is 7.57. The molecular weight excluding hydrogens is 439 g/mol. The molecular formula is C23H24Cl2N2O4. The van der Waals surface area contributed by atoms with Crippen LogP contribution in [0.5, 0.6) is 0 Å². The molecule has 3 rings (SSSR count). The fraction of sp³-hybridized carbons (Fsp3) is 0.348. The lowest BCUT2D eigenvalue weighted by molar-refractivity contribution is -0.144. The number of nitrogens with zero attached hydrogens (tertiary/aromatic N) is 2. The molecule has 2 amide bonds. The topological polar surface area (TPSA) is 66.9 Å². The highest BCUT2D eigenvalue weighted by atomic mass is 35.5. The van der Waals surface area contributed by atoms with Crippen molar-refractivity contribution in [3.63, 3.8) is 0 Å². The molecule has 0 aromatic heterocycles. The van der Waals surface area contributed by atoms with Crippen LogP contribution >= 0.6 is 23.2 Å². The van der Waals surface area contributed by atoms with Gasteiger partial charge in [-0.25, -0.2) is 0 Å². The molecule has 31 heavy (non-hydrogen) atoms. The Hall–Kier alpha value is -2.57. The quantitative estimate of drug-likeness (QED) is 0.587. The van der Waals surface area contributed by atoms with E-state index in [1.165, 1.54) is 9.80 Å². The van der Waals surface area contributed by atoms with Crippen LogP contribution in [0.15, 0.2) is 48.5 Å². The summed E-state index contributed by atoms with van der Waals surface area (Å²) >= 11 is 11.9. The van der Waals surface area contributed by atoms with Crippen molar-refractivity contribution >= 4 is 41.0 Å². The van der Waals surface area contributed by atoms with E-state index in [1.807, 2.05) is 12.1 Å². The van der Waals surface area contributed by atoms with Gasteiger partial charge in [0.1, 0.15) is 6.10 Å². The minimum atomic E-state index is -0.704. The van der Waals surface area contributed by atoms with E-state index >= 15 is 0 Å². The van der Waals surface area contributed by atoms with Crippen molar-refractivity contribution in [3.05, 3.63) is 69.7 Å². The lowest BCUT2D eigenvalue weighted by Gasteiger charge is -2.28. The smallest absolute Gasteiger partial charge is 0.307 e. The fourth-order valence-electron chi connectivity index (χ4n) is 3.45. The van der Waals surface area contributed by atoms with Gasteiger partial charge in [0.25, 0.3) is 0 Å². The Labute approximate surface area is 191 Å². The van der Waals surface area contributed by atoms with Crippen LogP contribution in [0.4, 0.5) is 0 Å². The van der Waals surface area contributed by atoms with Crippen LogP contribution in [0.3, 0.4) is 0 Å². The van der Waals surface area contributed by atoms with E-state index in [0.717, 1.165) is 5.56 Å². The maximum atomic E-state index is 13.5. The van der Waals surface area contributed by atoms with E-state index in [1.54, 1.807) is 50.5 Å². The third-order valence-electron chi connectivity index (χ3n) is 5.25. The largest absolute Gasteiger partial charge is 0.457 e. The van der Waals surface area contributed by atoms with Crippen molar-refractivity contribution in [2.24, 2.45) is 5.92 Å². The average Bonchev–Trinajstić information content (AvgIpc) is 3.13. The highest BCUT2D eigenvalue weighted by Crippen LogP contribution is 2.37. The normalized spacial score (nSPS) is 17.9. The number of amides is 2. The van der Waals surface area contributed by atoms with E-state index < -0.39 is 18.0 Å². The first-order chi connectivity index (χ1) is 14.7. The number of benzene rings is 2. The van der Waals surface area contributed by atoms with Gasteiger partial charge in [0.05, 0.1) is 18.9 Å². The number of carbonyl (C=O) groups excluding carboxylic acids is 3. The first kappa shape index (κ1) is 23.1. The summed E-state index contributed by atoms with van der Waals surface area (Å²) < 4.78 is 5.46. The van der Waals surface area contributed by atoms with Crippen LogP contribution in [0.2, 0.25) is 10.0 Å². The molecule has 2 aromatic carbocycles. The summed E-state index contributed by atoms with van der Waals surface area (Å²) in [6.45, 7) is 0.259. The lowest BCUT2D eigenvalue weighted by atomic mass is 9.93. The predicted octanol–water partition coefficient (Wildman–Crippen LogP) is 3.76. The molecule has 1 fully saturated rings. The Balaban J connectivity index is 1.80. The molecule has 0 unspecified atom stereocenters. The number of carbonyl (C=O) groups is 3. The van der Waals surface area contributed by atoms with E-state index in [0.29, 0.717) is 28.6 Å². The second-order valence-electron chi connectivity index (χ2n) is 7.70. The van der Waals surface area contributed by atoms with Gasteiger partial charge in [-0.15, -0.1) is 0 Å². The fourth-order valence-corrected chi connectivity index (χ4v) is 3.70. The SMILES string of the molecule is CN(C)C(=O)CN(CCc1ccc(Cl)cc1)C(=O)[C@H]1CC(=O)O[C@@H]1c1ccc(Cl)cc1. The number of ether oxygens (including phenoxy) is 1. The number of rotatable bonds is 7. The van der Waals surface area contributed by atoms with Gasteiger partial charge in [0.2, 0.25) is 11.8 Å². The summed E-state index contributed by atoms with van der Waals surface area (Å²) in [5.74, 6) is -1.61. The number of hydrogen-bond donors (Lipinski definition) is 0. The van der Waals surface area contributed by atoms with Crippen LogP contribution in [0.25, 0.3) is 0 Å². The Bertz CT molecular complexity index is 945. The second-order valence-corrected chi connectivity index (χ2v) is 8.57. The van der Waals surface area contributed by atoms with Crippen molar-refractivity contribution in [1.82, 2.24) is 9.80 Å². The van der Waals surface area contributed by atoms with E-state index in [-0.39, 0.29) is 24.8 Å². The van der Waals surface area contributed by atoms with Crippen molar-refractivity contribution in [3.8, 4) is 0 Å². The molecule has 2 atom stereocenters. The summed E-state index contributed by atoms with van der Waals surface area (Å²) in [5, 5.41) is 1.18. The highest BCUT2D eigenvalue weighted by Gasteiger charge is 2.42. The second kappa shape index (κ2) is 10.2. The zero-order valence-electron chi connectivity index (χ0n) is 17.4. The zero-order chi connectivity index (χ0) is 22.5. The molecule has 6 nitrogen and oxygen atoms in total. The van der Waals surface area contributed by atoms with Gasteiger partial charge in [-0.3, -0.25) is 14.4 Å². The standard InChI is InChI=1S/C23H24Cl2N2O4/c1-26(2)20(28)14-27(12-11-15-3-7-17(24)8-4-15)23(30)19-13-21(29)31-22(19)16-5-9-18(25)10-6-16/h3-10,19,22H,11-14H2,1-2H3/t19-,22+/m0/s1. The molecule has 0 N–H and O–H groups in total. The molecule has 0 bridgehead atoms. The van der Waals surface area contributed by atoms with Crippen molar-refractivity contribution in [2.45, 2.75) is 18.9 Å². The van der Waals surface area contributed by atoms with Gasteiger partial charge < -0.3 is 14.5 Å². The third kappa shape index (κ3) is 5.99. The maximum Gasteiger partial charge on any atom is 0.307 e. The molecule has 2 aromatic rings. The Morgan fingerprint density at radius 2 is 1.58 bits per heavy atom. The number of esters is 1. The van der Waals surface area contributed by atoms with E-state index in [9.17, 15) is 14.4 Å². The van der Waals surface area contributed by atoms with Gasteiger partial charge >= 0.3 is 5.97 Å². The number of cyclic esters (lactones) is 1. The number of likely N-dealkylation sites (N-methyl/N-ethyl adjacent to an activating group) is 1. The average molecular weight is 463 g/mol. The zero-order valence-corrected chi connectivity index (χ0v) is 18.9. The third-order valence-corrected chi connectivity index (χ3v) is 5.75.